The lowest BCUT2D eigenvalue weighted by Gasteiger charge is -2.44. The van der Waals surface area contributed by atoms with Crippen LogP contribution in [0.15, 0.2) is 18.2 Å². The third-order valence-electron chi connectivity index (χ3n) is 4.73. The zero-order valence-electron chi connectivity index (χ0n) is 11.7. The fourth-order valence-corrected chi connectivity index (χ4v) is 5.96. The molecule has 104 valence electrons. The summed E-state index contributed by atoms with van der Waals surface area (Å²) in [6.45, 7) is 4.13. The summed E-state index contributed by atoms with van der Waals surface area (Å²) in [6, 6.07) is 6.29. The molecule has 2 aliphatic heterocycles. The van der Waals surface area contributed by atoms with Crippen molar-refractivity contribution in [3.8, 4) is 0 Å². The van der Waals surface area contributed by atoms with Crippen LogP contribution >= 0.6 is 0 Å². The van der Waals surface area contributed by atoms with Gasteiger partial charge in [-0.1, -0.05) is 30.2 Å². The Labute approximate surface area is 117 Å². The molecule has 0 aromatic heterocycles. The van der Waals surface area contributed by atoms with Crippen LogP contribution in [0.2, 0.25) is 0 Å². The van der Waals surface area contributed by atoms with E-state index in [0.717, 1.165) is 24.0 Å². The molecule has 0 radical (unpaired) electrons. The van der Waals surface area contributed by atoms with Crippen LogP contribution in [0, 0.1) is 13.8 Å². The molecule has 2 heterocycles. The second-order valence-corrected chi connectivity index (χ2v) is 8.25. The molecule has 19 heavy (non-hydrogen) atoms. The summed E-state index contributed by atoms with van der Waals surface area (Å²) in [5, 5.41) is 11.5. The lowest BCUT2D eigenvalue weighted by atomic mass is 9.78. The molecule has 2 nitrogen and oxygen atoms in total. The zero-order chi connectivity index (χ0) is 13.6. The summed E-state index contributed by atoms with van der Waals surface area (Å²) in [7, 11) is -0.728. The second-order valence-electron chi connectivity index (χ2n) is 6.26. The SMILES string of the molecule is Cc1ccc(C)c(C2(O)CC3CCCC(C2)S3=O)c1. The molecule has 1 aromatic carbocycles. The van der Waals surface area contributed by atoms with Crippen molar-refractivity contribution >= 4 is 10.8 Å². The summed E-state index contributed by atoms with van der Waals surface area (Å²) in [4.78, 5) is 0. The Balaban J connectivity index is 1.99. The Hall–Kier alpha value is -0.670. The maximum absolute atomic E-state index is 12.3. The lowest BCUT2D eigenvalue weighted by molar-refractivity contribution is 0.00594. The number of aliphatic hydroxyl groups is 1. The molecule has 3 rings (SSSR count). The Kier molecular flexibility index (Phi) is 3.30. The van der Waals surface area contributed by atoms with Gasteiger partial charge in [-0.15, -0.1) is 0 Å². The first-order valence-electron chi connectivity index (χ1n) is 7.19. The van der Waals surface area contributed by atoms with Crippen LogP contribution in [0.5, 0.6) is 0 Å². The number of hydrogen-bond donors (Lipinski definition) is 1. The third-order valence-corrected chi connectivity index (χ3v) is 6.85. The molecule has 2 saturated heterocycles. The molecule has 1 aromatic rings. The van der Waals surface area contributed by atoms with E-state index >= 15 is 0 Å². The topological polar surface area (TPSA) is 37.3 Å². The molecule has 0 amide bonds. The molecule has 0 aliphatic carbocycles. The number of aryl methyl sites for hydroxylation is 2. The summed E-state index contributed by atoms with van der Waals surface area (Å²) in [5.41, 5.74) is 2.63. The number of benzene rings is 1. The van der Waals surface area contributed by atoms with Crippen molar-refractivity contribution < 1.29 is 9.32 Å². The molecule has 3 heteroatoms. The van der Waals surface area contributed by atoms with Crippen molar-refractivity contribution in [3.05, 3.63) is 34.9 Å². The van der Waals surface area contributed by atoms with Crippen LogP contribution in [-0.2, 0) is 16.4 Å². The normalized spacial score (nSPS) is 38.2. The van der Waals surface area contributed by atoms with E-state index in [-0.39, 0.29) is 10.5 Å². The predicted octanol–water partition coefficient (Wildman–Crippen LogP) is 2.95. The molecule has 2 bridgehead atoms. The van der Waals surface area contributed by atoms with Crippen molar-refractivity contribution in [2.45, 2.75) is 62.1 Å². The molecule has 2 unspecified atom stereocenters. The second kappa shape index (κ2) is 4.71. The summed E-state index contributed by atoms with van der Waals surface area (Å²) in [6.07, 6.45) is 4.53. The van der Waals surface area contributed by atoms with Crippen molar-refractivity contribution in [2.24, 2.45) is 0 Å². The van der Waals surface area contributed by atoms with Gasteiger partial charge in [-0.3, -0.25) is 4.21 Å². The monoisotopic (exact) mass is 278 g/mol. The van der Waals surface area contributed by atoms with Gasteiger partial charge in [0.2, 0.25) is 0 Å². The molecular formula is C16H22O2S. The van der Waals surface area contributed by atoms with E-state index in [4.69, 9.17) is 0 Å². The predicted molar refractivity (Wildman–Crippen MR) is 78.6 cm³/mol. The maximum atomic E-state index is 12.3. The van der Waals surface area contributed by atoms with Gasteiger partial charge < -0.3 is 5.11 Å². The van der Waals surface area contributed by atoms with Crippen LogP contribution in [0.25, 0.3) is 0 Å². The minimum atomic E-state index is -0.764. The van der Waals surface area contributed by atoms with Gasteiger partial charge >= 0.3 is 0 Å². The summed E-state index contributed by atoms with van der Waals surface area (Å²) >= 11 is 0. The van der Waals surface area contributed by atoms with Gasteiger partial charge in [0, 0.05) is 21.3 Å². The van der Waals surface area contributed by atoms with Crippen molar-refractivity contribution in [3.63, 3.8) is 0 Å². The highest BCUT2D eigenvalue weighted by molar-refractivity contribution is 7.86. The Bertz CT molecular complexity index is 507. The Morgan fingerprint density at radius 2 is 1.84 bits per heavy atom. The van der Waals surface area contributed by atoms with E-state index in [1.54, 1.807) is 0 Å². The fourth-order valence-electron chi connectivity index (χ4n) is 3.74. The van der Waals surface area contributed by atoms with Crippen molar-refractivity contribution in [1.82, 2.24) is 0 Å². The minimum absolute atomic E-state index is 0.192. The van der Waals surface area contributed by atoms with Gasteiger partial charge in [0.1, 0.15) is 0 Å². The standard InChI is InChI=1S/C16H22O2S/c1-11-6-7-12(2)15(8-11)16(17)9-13-4-3-5-14(10-16)19(13)18/h6-8,13-14,17H,3-5,9-10H2,1-2H3. The van der Waals surface area contributed by atoms with Gasteiger partial charge in [-0.05, 0) is 50.7 Å². The maximum Gasteiger partial charge on any atom is 0.0922 e. The van der Waals surface area contributed by atoms with Crippen LogP contribution < -0.4 is 0 Å². The highest BCUT2D eigenvalue weighted by Crippen LogP contribution is 2.45. The first kappa shape index (κ1) is 13.3. The molecule has 0 spiro atoms. The number of fused-ring (bicyclic) bond motifs is 2. The highest BCUT2D eigenvalue weighted by Gasteiger charge is 2.46. The Morgan fingerprint density at radius 1 is 1.21 bits per heavy atom. The summed E-state index contributed by atoms with van der Waals surface area (Å²) in [5.74, 6) is 0. The smallest absolute Gasteiger partial charge is 0.0922 e. The first-order valence-corrected chi connectivity index (χ1v) is 8.47. The molecule has 0 saturated carbocycles. The largest absolute Gasteiger partial charge is 0.385 e. The zero-order valence-corrected chi connectivity index (χ0v) is 12.5. The quantitative estimate of drug-likeness (QED) is 0.857. The van der Waals surface area contributed by atoms with Crippen LogP contribution in [0.1, 0.15) is 48.8 Å². The minimum Gasteiger partial charge on any atom is -0.385 e. The summed E-state index contributed by atoms with van der Waals surface area (Å²) < 4.78 is 12.3. The highest BCUT2D eigenvalue weighted by atomic mass is 32.2. The van der Waals surface area contributed by atoms with E-state index in [2.05, 4.69) is 32.0 Å². The van der Waals surface area contributed by atoms with E-state index < -0.39 is 16.4 Å². The van der Waals surface area contributed by atoms with E-state index in [1.807, 2.05) is 0 Å². The van der Waals surface area contributed by atoms with Gasteiger partial charge in [0.05, 0.1) is 5.60 Å². The van der Waals surface area contributed by atoms with E-state index in [9.17, 15) is 9.32 Å². The molecular weight excluding hydrogens is 256 g/mol. The average molecular weight is 278 g/mol. The van der Waals surface area contributed by atoms with Crippen LogP contribution in [-0.4, -0.2) is 19.8 Å². The first-order chi connectivity index (χ1) is 8.99. The molecule has 2 fully saturated rings. The third kappa shape index (κ3) is 2.27. The van der Waals surface area contributed by atoms with Crippen molar-refractivity contribution in [2.75, 3.05) is 0 Å². The van der Waals surface area contributed by atoms with Crippen LogP contribution in [0.4, 0.5) is 0 Å². The van der Waals surface area contributed by atoms with Gasteiger partial charge in [-0.2, -0.15) is 0 Å². The van der Waals surface area contributed by atoms with Crippen molar-refractivity contribution in [1.29, 1.82) is 0 Å². The fraction of sp³-hybridized carbons (Fsp3) is 0.625. The lowest BCUT2D eigenvalue weighted by Crippen LogP contribution is -2.47. The Morgan fingerprint density at radius 3 is 2.47 bits per heavy atom. The molecule has 2 atom stereocenters. The number of rotatable bonds is 1. The van der Waals surface area contributed by atoms with Gasteiger partial charge in [-0.25, -0.2) is 0 Å². The van der Waals surface area contributed by atoms with Crippen LogP contribution in [0.3, 0.4) is 0 Å². The van der Waals surface area contributed by atoms with Gasteiger partial charge in [0.25, 0.3) is 0 Å². The van der Waals surface area contributed by atoms with Gasteiger partial charge in [0.15, 0.2) is 0 Å². The number of hydrogen-bond acceptors (Lipinski definition) is 2. The van der Waals surface area contributed by atoms with E-state index in [1.165, 1.54) is 12.0 Å². The molecule has 2 aliphatic rings. The van der Waals surface area contributed by atoms with E-state index in [0.29, 0.717) is 12.8 Å². The average Bonchev–Trinajstić information content (AvgIpc) is 2.34. The molecule has 1 N–H and O–H groups in total.